The standard InChI is InChI=1S/C20H25FN4O/c1-2-17-5-3-4-12-25(17)20(26)18-13-19(24-14-23-18)22-11-10-15-6-8-16(21)9-7-15/h6-9,13-14,17H,2-5,10-12H2,1H3,(H,22,23,24). The van der Waals surface area contributed by atoms with Crippen LogP contribution in [0, 0.1) is 5.82 Å². The van der Waals surface area contributed by atoms with E-state index in [4.69, 9.17) is 0 Å². The lowest BCUT2D eigenvalue weighted by Gasteiger charge is -2.35. The smallest absolute Gasteiger partial charge is 0.272 e. The fourth-order valence-corrected chi connectivity index (χ4v) is 3.40. The van der Waals surface area contributed by atoms with E-state index >= 15 is 0 Å². The van der Waals surface area contributed by atoms with E-state index in [1.807, 2.05) is 4.90 Å². The van der Waals surface area contributed by atoms with Crippen LogP contribution in [-0.2, 0) is 6.42 Å². The second-order valence-corrected chi connectivity index (χ2v) is 6.65. The third kappa shape index (κ3) is 4.56. The number of rotatable bonds is 6. The Balaban J connectivity index is 1.60. The highest BCUT2D eigenvalue weighted by Gasteiger charge is 2.27. The number of anilines is 1. The molecule has 1 aromatic heterocycles. The van der Waals surface area contributed by atoms with Crippen LogP contribution in [0.5, 0.6) is 0 Å². The monoisotopic (exact) mass is 356 g/mol. The fourth-order valence-electron chi connectivity index (χ4n) is 3.40. The summed E-state index contributed by atoms with van der Waals surface area (Å²) >= 11 is 0. The van der Waals surface area contributed by atoms with Crippen molar-refractivity contribution in [3.05, 3.63) is 53.7 Å². The van der Waals surface area contributed by atoms with E-state index in [-0.39, 0.29) is 11.7 Å². The Morgan fingerprint density at radius 2 is 2.08 bits per heavy atom. The van der Waals surface area contributed by atoms with Crippen LogP contribution in [0.15, 0.2) is 36.7 Å². The number of piperidine rings is 1. The molecule has 1 aliphatic rings. The van der Waals surface area contributed by atoms with Gasteiger partial charge in [0.1, 0.15) is 23.7 Å². The number of hydrogen-bond donors (Lipinski definition) is 1. The maximum atomic E-state index is 12.9. The van der Waals surface area contributed by atoms with Gasteiger partial charge in [-0.25, -0.2) is 14.4 Å². The highest BCUT2D eigenvalue weighted by Crippen LogP contribution is 2.21. The topological polar surface area (TPSA) is 58.1 Å². The summed E-state index contributed by atoms with van der Waals surface area (Å²) in [7, 11) is 0. The number of halogens is 1. The molecular formula is C20H25FN4O. The molecular weight excluding hydrogens is 331 g/mol. The Labute approximate surface area is 153 Å². The van der Waals surface area contributed by atoms with E-state index in [0.717, 1.165) is 37.8 Å². The summed E-state index contributed by atoms with van der Waals surface area (Å²) in [6, 6.07) is 8.48. The molecule has 138 valence electrons. The Kier molecular flexibility index (Phi) is 6.15. The van der Waals surface area contributed by atoms with Crippen LogP contribution in [0.3, 0.4) is 0 Å². The molecule has 0 radical (unpaired) electrons. The molecule has 0 bridgehead atoms. The van der Waals surface area contributed by atoms with Gasteiger partial charge in [-0.1, -0.05) is 19.1 Å². The lowest BCUT2D eigenvalue weighted by atomic mass is 9.99. The Hall–Kier alpha value is -2.50. The lowest BCUT2D eigenvalue weighted by molar-refractivity contribution is 0.0602. The summed E-state index contributed by atoms with van der Waals surface area (Å²) in [5.41, 5.74) is 1.48. The highest BCUT2D eigenvalue weighted by molar-refractivity contribution is 5.93. The van der Waals surface area contributed by atoms with Crippen LogP contribution >= 0.6 is 0 Å². The number of carbonyl (C=O) groups is 1. The summed E-state index contributed by atoms with van der Waals surface area (Å²) in [6.45, 7) is 3.57. The summed E-state index contributed by atoms with van der Waals surface area (Å²) in [5.74, 6) is 0.389. The van der Waals surface area contributed by atoms with Crippen LogP contribution in [0.1, 0.15) is 48.7 Å². The molecule has 0 spiro atoms. The normalized spacial score (nSPS) is 17.2. The van der Waals surface area contributed by atoms with Crippen molar-refractivity contribution in [2.75, 3.05) is 18.4 Å². The van der Waals surface area contributed by atoms with Crippen LogP contribution < -0.4 is 5.32 Å². The van der Waals surface area contributed by atoms with Gasteiger partial charge in [-0.15, -0.1) is 0 Å². The number of benzene rings is 1. The van der Waals surface area contributed by atoms with Gasteiger partial charge in [-0.3, -0.25) is 4.79 Å². The Bertz CT molecular complexity index is 735. The van der Waals surface area contributed by atoms with Gasteiger partial charge < -0.3 is 10.2 Å². The molecule has 0 aliphatic carbocycles. The second-order valence-electron chi connectivity index (χ2n) is 6.65. The predicted octanol–water partition coefficient (Wildman–Crippen LogP) is 3.68. The summed E-state index contributed by atoms with van der Waals surface area (Å²) in [6.07, 6.45) is 6.45. The second kappa shape index (κ2) is 8.74. The molecule has 1 fully saturated rings. The number of nitrogens with one attached hydrogen (secondary N) is 1. The molecule has 6 heteroatoms. The van der Waals surface area contributed by atoms with E-state index in [1.165, 1.54) is 24.9 Å². The summed E-state index contributed by atoms with van der Waals surface area (Å²) in [5, 5.41) is 3.22. The van der Waals surface area contributed by atoms with Gasteiger partial charge in [-0.05, 0) is 49.8 Å². The average molecular weight is 356 g/mol. The van der Waals surface area contributed by atoms with Crippen molar-refractivity contribution in [1.29, 1.82) is 0 Å². The van der Waals surface area contributed by atoms with Crippen LogP contribution in [0.2, 0.25) is 0 Å². The van der Waals surface area contributed by atoms with Gasteiger partial charge in [-0.2, -0.15) is 0 Å². The molecule has 1 unspecified atom stereocenters. The van der Waals surface area contributed by atoms with Gasteiger partial charge in [0.05, 0.1) is 0 Å². The molecule has 1 N–H and O–H groups in total. The average Bonchev–Trinajstić information content (AvgIpc) is 2.69. The third-order valence-corrected chi connectivity index (χ3v) is 4.88. The first kappa shape index (κ1) is 18.3. The van der Waals surface area contributed by atoms with E-state index in [0.29, 0.717) is 24.1 Å². The molecule has 1 atom stereocenters. The molecule has 0 saturated carbocycles. The highest BCUT2D eigenvalue weighted by atomic mass is 19.1. The fraction of sp³-hybridized carbons (Fsp3) is 0.450. The van der Waals surface area contributed by atoms with Gasteiger partial charge in [0, 0.05) is 25.2 Å². The maximum absolute atomic E-state index is 12.9. The van der Waals surface area contributed by atoms with Gasteiger partial charge in [0.15, 0.2) is 0 Å². The number of carbonyl (C=O) groups excluding carboxylic acids is 1. The van der Waals surface area contributed by atoms with Crippen molar-refractivity contribution in [2.24, 2.45) is 0 Å². The van der Waals surface area contributed by atoms with Crippen LogP contribution in [-0.4, -0.2) is 39.9 Å². The number of nitrogens with zero attached hydrogens (tertiary/aromatic N) is 3. The van der Waals surface area contributed by atoms with Gasteiger partial charge >= 0.3 is 0 Å². The van der Waals surface area contributed by atoms with Crippen LogP contribution in [0.25, 0.3) is 0 Å². The van der Waals surface area contributed by atoms with Crippen molar-refractivity contribution < 1.29 is 9.18 Å². The minimum atomic E-state index is -0.233. The summed E-state index contributed by atoms with van der Waals surface area (Å²) in [4.78, 5) is 23.1. The number of hydrogen-bond acceptors (Lipinski definition) is 4. The minimum Gasteiger partial charge on any atom is -0.370 e. The zero-order valence-electron chi connectivity index (χ0n) is 15.1. The summed E-state index contributed by atoms with van der Waals surface area (Å²) < 4.78 is 12.9. The molecule has 1 amide bonds. The quantitative estimate of drug-likeness (QED) is 0.858. The van der Waals surface area contributed by atoms with E-state index < -0.39 is 0 Å². The van der Waals surface area contributed by atoms with Crippen LogP contribution in [0.4, 0.5) is 10.2 Å². The van der Waals surface area contributed by atoms with Crippen molar-refractivity contribution in [2.45, 2.75) is 45.1 Å². The van der Waals surface area contributed by atoms with Crippen molar-refractivity contribution in [3.63, 3.8) is 0 Å². The SMILES string of the molecule is CCC1CCCCN1C(=O)c1cc(NCCc2ccc(F)cc2)ncn1. The Morgan fingerprint density at radius 3 is 2.85 bits per heavy atom. The molecule has 5 nitrogen and oxygen atoms in total. The zero-order valence-corrected chi connectivity index (χ0v) is 15.1. The van der Waals surface area contributed by atoms with Crippen molar-refractivity contribution in [1.82, 2.24) is 14.9 Å². The molecule has 1 aliphatic heterocycles. The minimum absolute atomic E-state index is 0.0134. The lowest BCUT2D eigenvalue weighted by Crippen LogP contribution is -2.43. The number of aromatic nitrogens is 2. The molecule has 1 aromatic carbocycles. The zero-order chi connectivity index (χ0) is 18.4. The maximum Gasteiger partial charge on any atom is 0.272 e. The van der Waals surface area contributed by atoms with E-state index in [1.54, 1.807) is 18.2 Å². The predicted molar refractivity (Wildman–Crippen MR) is 99.6 cm³/mol. The van der Waals surface area contributed by atoms with E-state index in [2.05, 4.69) is 22.2 Å². The van der Waals surface area contributed by atoms with Gasteiger partial charge in [0.25, 0.3) is 5.91 Å². The third-order valence-electron chi connectivity index (χ3n) is 4.88. The molecule has 3 rings (SSSR count). The molecule has 26 heavy (non-hydrogen) atoms. The van der Waals surface area contributed by atoms with Crippen molar-refractivity contribution in [3.8, 4) is 0 Å². The largest absolute Gasteiger partial charge is 0.370 e. The first-order valence-corrected chi connectivity index (χ1v) is 9.28. The van der Waals surface area contributed by atoms with Crippen molar-refractivity contribution >= 4 is 11.7 Å². The molecule has 2 heterocycles. The molecule has 2 aromatic rings. The van der Waals surface area contributed by atoms with E-state index in [9.17, 15) is 9.18 Å². The Morgan fingerprint density at radius 1 is 1.27 bits per heavy atom. The number of amides is 1. The molecule has 1 saturated heterocycles. The first-order chi connectivity index (χ1) is 12.7. The first-order valence-electron chi connectivity index (χ1n) is 9.28. The number of likely N-dealkylation sites (tertiary alicyclic amines) is 1. The van der Waals surface area contributed by atoms with Gasteiger partial charge in [0.2, 0.25) is 0 Å².